The number of carboxylic acid groups (broad SMARTS) is 1. The molecule has 0 aliphatic carbocycles. The van der Waals surface area contributed by atoms with Crippen LogP contribution in [0.3, 0.4) is 0 Å². The molecule has 2 nitrogen and oxygen atoms in total. The lowest BCUT2D eigenvalue weighted by Gasteiger charge is -2.07. The number of carbonyl (C=O) groups is 1. The largest absolute Gasteiger partial charge is 0.481 e. The van der Waals surface area contributed by atoms with E-state index in [1.807, 2.05) is 13.8 Å². The molecule has 0 unspecified atom stereocenters. The summed E-state index contributed by atoms with van der Waals surface area (Å²) in [7, 11) is 0. The Hall–Kier alpha value is -0.970. The highest BCUT2D eigenvalue weighted by atomic mass is 16.4. The molecule has 2 heteroatoms. The fraction of sp³-hybridized carbons (Fsp3) is 0.700. The summed E-state index contributed by atoms with van der Waals surface area (Å²) in [5.74, 6) is -0.737. The average Bonchev–Trinajstić information content (AvgIpc) is 2.08. The van der Waals surface area contributed by atoms with Crippen molar-refractivity contribution in [2.45, 2.75) is 39.5 Å². The van der Waals surface area contributed by atoms with Gasteiger partial charge in [0.1, 0.15) is 0 Å². The molecule has 0 aromatic carbocycles. The van der Waals surface area contributed by atoms with E-state index < -0.39 is 5.97 Å². The maximum absolute atomic E-state index is 10.5. The lowest BCUT2D eigenvalue weighted by molar-refractivity contribution is -0.142. The second-order valence-electron chi connectivity index (χ2n) is 2.61. The first kappa shape index (κ1) is 13.6. The van der Waals surface area contributed by atoms with Crippen LogP contribution in [0.2, 0.25) is 0 Å². The first-order valence-electron chi connectivity index (χ1n) is 4.28. The predicted octanol–water partition coefficient (Wildman–Crippen LogP) is 2.54. The Kier molecular flexibility index (Phi) is 11.4. The first-order valence-corrected chi connectivity index (χ1v) is 4.28. The Bertz CT molecular complexity index is 121. The van der Waals surface area contributed by atoms with Crippen LogP contribution in [-0.4, -0.2) is 11.1 Å². The van der Waals surface area contributed by atoms with E-state index in [0.717, 1.165) is 25.7 Å². The summed E-state index contributed by atoms with van der Waals surface area (Å²) in [6, 6.07) is 0. The second kappa shape index (κ2) is 10.0. The van der Waals surface area contributed by atoms with Gasteiger partial charge in [0.15, 0.2) is 0 Å². The number of rotatable bonds is 5. The maximum Gasteiger partial charge on any atom is 0.306 e. The van der Waals surface area contributed by atoms with Crippen LogP contribution >= 0.6 is 0 Å². The van der Waals surface area contributed by atoms with E-state index in [1.165, 1.54) is 0 Å². The number of terminal acetylenes is 1. The van der Waals surface area contributed by atoms with Crippen LogP contribution in [0, 0.1) is 18.8 Å². The molecule has 0 bridgehead atoms. The number of aliphatic carboxylic acids is 1. The van der Waals surface area contributed by atoms with E-state index in [0.29, 0.717) is 0 Å². The minimum atomic E-state index is -0.635. The molecule has 1 N–H and O–H groups in total. The molecule has 0 aliphatic rings. The van der Waals surface area contributed by atoms with Crippen molar-refractivity contribution in [3.8, 4) is 12.8 Å². The molecular weight excluding hydrogens is 152 g/mol. The van der Waals surface area contributed by atoms with E-state index >= 15 is 0 Å². The lowest BCUT2D eigenvalue weighted by Crippen LogP contribution is -2.12. The number of hydrogen-bond acceptors (Lipinski definition) is 1. The summed E-state index contributed by atoms with van der Waals surface area (Å²) in [5, 5.41) is 8.64. The van der Waals surface area contributed by atoms with Gasteiger partial charge in [0.05, 0.1) is 5.92 Å². The molecule has 0 heterocycles. The third-order valence-corrected chi connectivity index (χ3v) is 1.62. The summed E-state index contributed by atoms with van der Waals surface area (Å²) in [4.78, 5) is 10.5. The molecule has 0 saturated heterocycles. The molecular formula is C10H18O2. The molecule has 0 saturated carbocycles. The van der Waals surface area contributed by atoms with Crippen molar-refractivity contribution in [2.75, 3.05) is 0 Å². The zero-order valence-electron chi connectivity index (χ0n) is 7.92. The van der Waals surface area contributed by atoms with Crippen molar-refractivity contribution in [1.82, 2.24) is 0 Å². The summed E-state index contributed by atoms with van der Waals surface area (Å²) in [6.45, 7) is 4.04. The maximum atomic E-state index is 10.5. The average molecular weight is 170 g/mol. The van der Waals surface area contributed by atoms with Crippen molar-refractivity contribution in [3.05, 3.63) is 0 Å². The third kappa shape index (κ3) is 7.14. The molecule has 0 radical (unpaired) electrons. The van der Waals surface area contributed by atoms with Crippen LogP contribution in [0.15, 0.2) is 0 Å². The van der Waals surface area contributed by atoms with Gasteiger partial charge in [-0.25, -0.2) is 0 Å². The Labute approximate surface area is 75.0 Å². The standard InChI is InChI=1S/C8H16O2.C2H2/c1-3-5-7(6-4-2)8(9)10;1-2/h7H,3-6H2,1-2H3,(H,9,10);1-2H. The van der Waals surface area contributed by atoms with Gasteiger partial charge in [0.2, 0.25) is 0 Å². The van der Waals surface area contributed by atoms with E-state index in [9.17, 15) is 4.79 Å². The van der Waals surface area contributed by atoms with Gasteiger partial charge in [0.25, 0.3) is 0 Å². The molecule has 0 aliphatic heterocycles. The summed E-state index contributed by atoms with van der Waals surface area (Å²) in [6.07, 6.45) is 11.6. The Morgan fingerprint density at radius 2 is 1.58 bits per heavy atom. The van der Waals surface area contributed by atoms with Crippen LogP contribution in [0.5, 0.6) is 0 Å². The smallest absolute Gasteiger partial charge is 0.306 e. The van der Waals surface area contributed by atoms with Crippen molar-refractivity contribution in [1.29, 1.82) is 0 Å². The van der Waals surface area contributed by atoms with Gasteiger partial charge in [0, 0.05) is 0 Å². The van der Waals surface area contributed by atoms with Crippen molar-refractivity contribution in [2.24, 2.45) is 5.92 Å². The molecule has 70 valence electrons. The zero-order valence-corrected chi connectivity index (χ0v) is 7.92. The Balaban J connectivity index is 0. The van der Waals surface area contributed by atoms with Crippen LogP contribution < -0.4 is 0 Å². The van der Waals surface area contributed by atoms with Crippen molar-refractivity contribution in [3.63, 3.8) is 0 Å². The van der Waals surface area contributed by atoms with Crippen LogP contribution in [-0.2, 0) is 4.79 Å². The van der Waals surface area contributed by atoms with Gasteiger partial charge >= 0.3 is 5.97 Å². The second-order valence-corrected chi connectivity index (χ2v) is 2.61. The van der Waals surface area contributed by atoms with Gasteiger partial charge in [-0.05, 0) is 12.8 Å². The number of hydrogen-bond donors (Lipinski definition) is 1. The fourth-order valence-corrected chi connectivity index (χ4v) is 1.09. The highest BCUT2D eigenvalue weighted by molar-refractivity contribution is 5.69. The molecule has 0 atom stereocenters. The van der Waals surface area contributed by atoms with Crippen molar-refractivity contribution >= 4 is 5.97 Å². The van der Waals surface area contributed by atoms with Crippen LogP contribution in [0.4, 0.5) is 0 Å². The summed E-state index contributed by atoms with van der Waals surface area (Å²) in [5.41, 5.74) is 0. The molecule has 0 aromatic heterocycles. The minimum absolute atomic E-state index is 0.102. The van der Waals surface area contributed by atoms with E-state index in [1.54, 1.807) is 0 Å². The van der Waals surface area contributed by atoms with Gasteiger partial charge in [-0.1, -0.05) is 26.7 Å². The van der Waals surface area contributed by atoms with Crippen molar-refractivity contribution < 1.29 is 9.90 Å². The Morgan fingerprint density at radius 1 is 1.25 bits per heavy atom. The monoisotopic (exact) mass is 170 g/mol. The molecule has 12 heavy (non-hydrogen) atoms. The van der Waals surface area contributed by atoms with E-state index in [4.69, 9.17) is 5.11 Å². The molecule has 0 spiro atoms. The number of carboxylic acids is 1. The fourth-order valence-electron chi connectivity index (χ4n) is 1.09. The lowest BCUT2D eigenvalue weighted by atomic mass is 9.99. The molecule has 0 rings (SSSR count). The van der Waals surface area contributed by atoms with Crippen LogP contribution in [0.25, 0.3) is 0 Å². The molecule has 0 aromatic rings. The van der Waals surface area contributed by atoms with E-state index in [-0.39, 0.29) is 5.92 Å². The molecule has 0 fully saturated rings. The van der Waals surface area contributed by atoms with Gasteiger partial charge in [-0.3, -0.25) is 4.79 Å². The zero-order chi connectivity index (χ0) is 9.98. The Morgan fingerprint density at radius 3 is 1.75 bits per heavy atom. The van der Waals surface area contributed by atoms with Gasteiger partial charge in [-0.15, -0.1) is 12.8 Å². The summed E-state index contributed by atoms with van der Waals surface area (Å²) < 4.78 is 0. The van der Waals surface area contributed by atoms with Gasteiger partial charge in [-0.2, -0.15) is 0 Å². The van der Waals surface area contributed by atoms with Crippen LogP contribution in [0.1, 0.15) is 39.5 Å². The summed E-state index contributed by atoms with van der Waals surface area (Å²) >= 11 is 0. The predicted molar refractivity (Wildman–Crippen MR) is 50.8 cm³/mol. The minimum Gasteiger partial charge on any atom is -0.481 e. The SMILES string of the molecule is C#C.CCCC(CCC)C(=O)O. The first-order chi connectivity index (χ1) is 5.72. The highest BCUT2D eigenvalue weighted by Gasteiger charge is 2.13. The topological polar surface area (TPSA) is 37.3 Å². The highest BCUT2D eigenvalue weighted by Crippen LogP contribution is 2.12. The third-order valence-electron chi connectivity index (χ3n) is 1.62. The quantitative estimate of drug-likeness (QED) is 0.644. The molecule has 0 amide bonds. The van der Waals surface area contributed by atoms with E-state index in [2.05, 4.69) is 12.8 Å². The van der Waals surface area contributed by atoms with Gasteiger partial charge < -0.3 is 5.11 Å². The normalized spacial score (nSPS) is 8.75.